The van der Waals surface area contributed by atoms with Gasteiger partial charge in [0.1, 0.15) is 6.04 Å². The van der Waals surface area contributed by atoms with Gasteiger partial charge < -0.3 is 0 Å². The molecule has 1 aliphatic heterocycles. The summed E-state index contributed by atoms with van der Waals surface area (Å²) in [4.78, 5) is 41.9. The quantitative estimate of drug-likeness (QED) is 0.354. The fraction of sp³-hybridized carbons (Fsp3) is 0.500. The van der Waals surface area contributed by atoms with Gasteiger partial charge in [0.05, 0.1) is 12.5 Å². The number of rotatable bonds is 9. The van der Waals surface area contributed by atoms with E-state index in [-0.39, 0.29) is 24.7 Å². The lowest BCUT2D eigenvalue weighted by molar-refractivity contribution is -0.159. The van der Waals surface area contributed by atoms with Crippen molar-refractivity contribution in [2.45, 2.75) is 51.0 Å². The van der Waals surface area contributed by atoms with Gasteiger partial charge in [-0.3, -0.25) is 29.6 Å². The number of carbonyl (C=O) groups excluding carboxylic acids is 3. The molecule has 2 fully saturated rings. The van der Waals surface area contributed by atoms with Gasteiger partial charge in [0.25, 0.3) is 0 Å². The Morgan fingerprint density at radius 3 is 2.78 bits per heavy atom. The predicted octanol–water partition coefficient (Wildman–Crippen LogP) is 2.50. The molecule has 0 radical (unpaired) electrons. The van der Waals surface area contributed by atoms with E-state index < -0.39 is 12.0 Å². The zero-order valence-electron chi connectivity index (χ0n) is 18.2. The molecule has 4 rings (SSSR count). The van der Waals surface area contributed by atoms with Gasteiger partial charge in [-0.25, -0.2) is 10.5 Å². The van der Waals surface area contributed by atoms with E-state index in [2.05, 4.69) is 10.4 Å². The molecule has 170 valence electrons. The van der Waals surface area contributed by atoms with Gasteiger partial charge in [0, 0.05) is 30.7 Å². The molecule has 0 spiro atoms. The number of nitrogens with one attached hydrogen (secondary N) is 1. The molecule has 1 aromatic carbocycles. The minimum atomic E-state index is -0.573. The average molecular weight is 439 g/mol. The van der Waals surface area contributed by atoms with Crippen molar-refractivity contribution in [2.75, 3.05) is 13.1 Å². The number of benzene rings is 1. The Morgan fingerprint density at radius 1 is 1.22 bits per heavy atom. The summed E-state index contributed by atoms with van der Waals surface area (Å²) < 4.78 is 0. The predicted molar refractivity (Wildman–Crippen MR) is 118 cm³/mol. The minimum Gasteiger partial charge on any atom is -0.297 e. The van der Waals surface area contributed by atoms with Crippen LogP contribution in [0.4, 0.5) is 0 Å². The molecule has 1 aromatic heterocycles. The second-order valence-corrected chi connectivity index (χ2v) is 8.89. The van der Waals surface area contributed by atoms with Crippen LogP contribution < -0.4 is 5.43 Å². The number of hydroxylamine groups is 2. The number of fused-ring (bicyclic) bond motifs is 1. The van der Waals surface area contributed by atoms with E-state index in [4.69, 9.17) is 0 Å². The molecular formula is C24H30N4O4. The molecule has 2 aliphatic rings. The molecule has 32 heavy (non-hydrogen) atoms. The van der Waals surface area contributed by atoms with Crippen molar-refractivity contribution in [3.05, 3.63) is 42.2 Å². The Balaban J connectivity index is 1.49. The monoisotopic (exact) mass is 438 g/mol. The van der Waals surface area contributed by atoms with Crippen LogP contribution in [0.3, 0.4) is 0 Å². The fourth-order valence-electron chi connectivity index (χ4n) is 5.09. The molecule has 0 bridgehead atoms. The van der Waals surface area contributed by atoms with Crippen molar-refractivity contribution in [2.24, 2.45) is 11.8 Å². The topological polar surface area (TPSA) is 103 Å². The zero-order chi connectivity index (χ0) is 22.5. The van der Waals surface area contributed by atoms with Crippen LogP contribution in [0.15, 0.2) is 36.7 Å². The molecule has 2 N–H and O–H groups in total. The number of nitrogens with zero attached hydrogens (tertiary/aromatic N) is 3. The van der Waals surface area contributed by atoms with Crippen LogP contribution in [-0.4, -0.2) is 57.5 Å². The summed E-state index contributed by atoms with van der Waals surface area (Å²) in [6.07, 6.45) is 9.55. The highest BCUT2D eigenvalue weighted by Gasteiger charge is 2.38. The lowest BCUT2D eigenvalue weighted by Crippen LogP contribution is -2.50. The first-order valence-corrected chi connectivity index (χ1v) is 11.4. The minimum absolute atomic E-state index is 0.0441. The van der Waals surface area contributed by atoms with Gasteiger partial charge in [-0.05, 0) is 29.7 Å². The molecule has 1 aliphatic carbocycles. The lowest BCUT2D eigenvalue weighted by atomic mass is 9.91. The van der Waals surface area contributed by atoms with E-state index in [1.54, 1.807) is 12.4 Å². The highest BCUT2D eigenvalue weighted by Crippen LogP contribution is 2.32. The standard InChI is InChI=1S/C24H30N4O4/c29-16-27(32)15-20(11-17-5-1-2-6-17)24(31)28-22(9-10-26-28)23(30)12-19-14-25-13-18-7-3-4-8-21(18)19/h3-4,7-8,13-14,16-17,20,22,26,32H,1-2,5-6,9-12,15H2/t20-,22+/m1/s1. The van der Waals surface area contributed by atoms with Crippen molar-refractivity contribution in [3.63, 3.8) is 0 Å². The Bertz CT molecular complexity index is 970. The summed E-state index contributed by atoms with van der Waals surface area (Å²) in [6.45, 7) is 0.466. The Kier molecular flexibility index (Phi) is 7.12. The summed E-state index contributed by atoms with van der Waals surface area (Å²) in [5, 5.41) is 13.7. The van der Waals surface area contributed by atoms with E-state index in [1.807, 2.05) is 24.3 Å². The lowest BCUT2D eigenvalue weighted by Gasteiger charge is -2.30. The summed E-state index contributed by atoms with van der Waals surface area (Å²) in [6, 6.07) is 7.23. The molecule has 1 saturated carbocycles. The Morgan fingerprint density at radius 2 is 2.00 bits per heavy atom. The van der Waals surface area contributed by atoms with Gasteiger partial charge in [0.2, 0.25) is 12.3 Å². The summed E-state index contributed by atoms with van der Waals surface area (Å²) in [5.41, 5.74) is 3.91. The number of hydrazine groups is 1. The fourth-order valence-corrected chi connectivity index (χ4v) is 5.09. The largest absolute Gasteiger partial charge is 0.297 e. The molecule has 2 atom stereocenters. The van der Waals surface area contributed by atoms with Crippen LogP contribution in [0.5, 0.6) is 0 Å². The van der Waals surface area contributed by atoms with Crippen LogP contribution in [0.2, 0.25) is 0 Å². The van der Waals surface area contributed by atoms with Crippen molar-refractivity contribution in [3.8, 4) is 0 Å². The van der Waals surface area contributed by atoms with Crippen LogP contribution in [-0.2, 0) is 20.8 Å². The number of aromatic nitrogens is 1. The summed E-state index contributed by atoms with van der Waals surface area (Å²) in [5.74, 6) is -0.419. The molecule has 2 aromatic rings. The molecule has 0 unspecified atom stereocenters. The molecule has 8 heteroatoms. The SMILES string of the molecule is O=CN(O)C[C@@H](CC1CCCC1)C(=O)N1NCC[C@H]1C(=O)Cc1cncc2ccccc12. The first-order chi connectivity index (χ1) is 15.6. The van der Waals surface area contributed by atoms with Crippen molar-refractivity contribution in [1.29, 1.82) is 0 Å². The maximum absolute atomic E-state index is 13.4. The third kappa shape index (κ3) is 4.97. The maximum Gasteiger partial charge on any atom is 0.242 e. The van der Waals surface area contributed by atoms with Gasteiger partial charge in [-0.1, -0.05) is 49.9 Å². The van der Waals surface area contributed by atoms with Gasteiger partial charge in [-0.15, -0.1) is 0 Å². The van der Waals surface area contributed by atoms with Gasteiger partial charge in [-0.2, -0.15) is 0 Å². The second-order valence-electron chi connectivity index (χ2n) is 8.89. The van der Waals surface area contributed by atoms with E-state index in [9.17, 15) is 19.6 Å². The van der Waals surface area contributed by atoms with Crippen molar-refractivity contribution < 1.29 is 19.6 Å². The van der Waals surface area contributed by atoms with Crippen molar-refractivity contribution in [1.82, 2.24) is 20.5 Å². The Hall–Kier alpha value is -2.84. The van der Waals surface area contributed by atoms with E-state index >= 15 is 0 Å². The number of hydrogen-bond acceptors (Lipinski definition) is 6. The normalized spacial score (nSPS) is 19.9. The molecule has 2 heterocycles. The van der Waals surface area contributed by atoms with Gasteiger partial charge >= 0.3 is 0 Å². The molecular weight excluding hydrogens is 408 g/mol. The number of hydrogen-bond donors (Lipinski definition) is 2. The van der Waals surface area contributed by atoms with Crippen molar-refractivity contribution >= 4 is 28.9 Å². The number of amides is 2. The second kappa shape index (κ2) is 10.2. The van der Waals surface area contributed by atoms with Gasteiger partial charge in [0.15, 0.2) is 5.78 Å². The third-order valence-corrected chi connectivity index (χ3v) is 6.71. The smallest absolute Gasteiger partial charge is 0.242 e. The number of carbonyl (C=O) groups is 3. The highest BCUT2D eigenvalue weighted by atomic mass is 16.5. The summed E-state index contributed by atoms with van der Waals surface area (Å²) >= 11 is 0. The third-order valence-electron chi connectivity index (χ3n) is 6.71. The molecule has 8 nitrogen and oxygen atoms in total. The van der Waals surface area contributed by atoms with Crippen LogP contribution in [0.25, 0.3) is 10.8 Å². The molecule has 2 amide bonds. The first-order valence-electron chi connectivity index (χ1n) is 11.4. The van der Waals surface area contributed by atoms with Crippen LogP contribution >= 0.6 is 0 Å². The van der Waals surface area contributed by atoms with Crippen LogP contribution in [0, 0.1) is 11.8 Å². The van der Waals surface area contributed by atoms with E-state index in [0.717, 1.165) is 42.0 Å². The van der Waals surface area contributed by atoms with E-state index in [1.165, 1.54) is 5.01 Å². The number of Topliss-reactive ketones (excluding diaryl/α,β-unsaturated/α-hetero) is 1. The highest BCUT2D eigenvalue weighted by molar-refractivity contribution is 5.94. The zero-order valence-corrected chi connectivity index (χ0v) is 18.2. The average Bonchev–Trinajstić information content (AvgIpc) is 3.50. The maximum atomic E-state index is 13.4. The molecule has 1 saturated heterocycles. The van der Waals surface area contributed by atoms with E-state index in [0.29, 0.717) is 36.8 Å². The van der Waals surface area contributed by atoms with Crippen LogP contribution in [0.1, 0.15) is 44.1 Å². The Labute approximate surface area is 187 Å². The summed E-state index contributed by atoms with van der Waals surface area (Å²) in [7, 11) is 0. The number of pyridine rings is 1. The number of ketones is 1. The first kappa shape index (κ1) is 22.4.